The number of aromatic amines is 1. The highest BCUT2D eigenvalue weighted by Crippen LogP contribution is 2.22. The topological polar surface area (TPSA) is 96.4 Å². The maximum absolute atomic E-state index is 12.1. The summed E-state index contributed by atoms with van der Waals surface area (Å²) in [5, 5.41) is 10.4. The molecule has 22 heavy (non-hydrogen) atoms. The molecule has 0 spiro atoms. The normalized spacial score (nSPS) is 23.8. The van der Waals surface area contributed by atoms with Crippen molar-refractivity contribution < 1.29 is 5.11 Å². The molecule has 7 heteroatoms. The average molecular weight is 324 g/mol. The van der Waals surface area contributed by atoms with Gasteiger partial charge in [-0.3, -0.25) is 19.3 Å². The van der Waals surface area contributed by atoms with Crippen molar-refractivity contribution >= 4 is 18.4 Å². The Labute approximate surface area is 135 Å². The van der Waals surface area contributed by atoms with E-state index in [9.17, 15) is 9.90 Å². The number of H-pyrrole nitrogens is 1. The third kappa shape index (κ3) is 3.47. The van der Waals surface area contributed by atoms with Crippen molar-refractivity contribution in [3.05, 3.63) is 20.7 Å². The van der Waals surface area contributed by atoms with Gasteiger partial charge in [0.2, 0.25) is 5.88 Å². The highest BCUT2D eigenvalue weighted by molar-refractivity contribution is 7.71. The van der Waals surface area contributed by atoms with Crippen molar-refractivity contribution in [2.24, 2.45) is 10.7 Å². The third-order valence-electron chi connectivity index (χ3n) is 4.36. The SMILES string of the molecule is CC[C@H](C)n1c(O)c(C=N[C@@H]2CCCC[C@@H]2N)c(=O)[nH]c1=S. The molecule has 1 aliphatic carbocycles. The Hall–Kier alpha value is -1.47. The largest absolute Gasteiger partial charge is 0.494 e. The number of hydrogen-bond donors (Lipinski definition) is 3. The van der Waals surface area contributed by atoms with E-state index >= 15 is 0 Å². The molecule has 0 aromatic carbocycles. The molecule has 0 bridgehead atoms. The molecule has 1 heterocycles. The van der Waals surface area contributed by atoms with Crippen LogP contribution in [-0.2, 0) is 0 Å². The van der Waals surface area contributed by atoms with Crippen LogP contribution in [0.2, 0.25) is 0 Å². The van der Waals surface area contributed by atoms with Crippen molar-refractivity contribution in [2.45, 2.75) is 64.1 Å². The van der Waals surface area contributed by atoms with Gasteiger partial charge < -0.3 is 10.8 Å². The number of aromatic nitrogens is 2. The molecule has 122 valence electrons. The summed E-state index contributed by atoms with van der Waals surface area (Å²) in [7, 11) is 0. The van der Waals surface area contributed by atoms with Gasteiger partial charge in [0.05, 0.1) is 6.04 Å². The number of nitrogens with one attached hydrogen (secondary N) is 1. The molecule has 1 aromatic heterocycles. The number of aliphatic imine (C=N–C) groups is 1. The summed E-state index contributed by atoms with van der Waals surface area (Å²) >= 11 is 5.14. The quantitative estimate of drug-likeness (QED) is 0.585. The fourth-order valence-electron chi connectivity index (χ4n) is 2.76. The zero-order valence-electron chi connectivity index (χ0n) is 13.1. The Balaban J connectivity index is 2.38. The first-order valence-corrected chi connectivity index (χ1v) is 8.23. The molecular formula is C15H24N4O2S. The van der Waals surface area contributed by atoms with Gasteiger partial charge in [-0.05, 0) is 38.4 Å². The molecule has 1 fully saturated rings. The van der Waals surface area contributed by atoms with Crippen LogP contribution in [-0.4, -0.2) is 33.0 Å². The van der Waals surface area contributed by atoms with Crippen molar-refractivity contribution in [3.8, 4) is 5.88 Å². The van der Waals surface area contributed by atoms with Crippen LogP contribution in [0.15, 0.2) is 9.79 Å². The first-order valence-electron chi connectivity index (χ1n) is 7.82. The zero-order chi connectivity index (χ0) is 16.3. The second-order valence-corrected chi connectivity index (χ2v) is 6.30. The Morgan fingerprint density at radius 2 is 2.23 bits per heavy atom. The van der Waals surface area contributed by atoms with E-state index in [-0.39, 0.29) is 34.3 Å². The molecule has 1 aromatic rings. The lowest BCUT2D eigenvalue weighted by molar-refractivity contribution is 0.370. The summed E-state index contributed by atoms with van der Waals surface area (Å²) in [5.74, 6) is -0.128. The molecule has 4 N–H and O–H groups in total. The summed E-state index contributed by atoms with van der Waals surface area (Å²) in [6, 6.07) is 0.0207. The molecule has 1 saturated carbocycles. The maximum Gasteiger partial charge on any atom is 0.264 e. The van der Waals surface area contributed by atoms with Gasteiger partial charge in [0.1, 0.15) is 5.56 Å². The monoisotopic (exact) mass is 324 g/mol. The first-order chi connectivity index (χ1) is 10.5. The lowest BCUT2D eigenvalue weighted by atomic mass is 9.91. The van der Waals surface area contributed by atoms with Gasteiger partial charge in [-0.2, -0.15) is 0 Å². The van der Waals surface area contributed by atoms with Crippen molar-refractivity contribution in [1.29, 1.82) is 0 Å². The number of aromatic hydroxyl groups is 1. The average Bonchev–Trinajstić information content (AvgIpc) is 2.48. The fourth-order valence-corrected chi connectivity index (χ4v) is 3.11. The van der Waals surface area contributed by atoms with Crippen LogP contribution >= 0.6 is 12.2 Å². The second kappa shape index (κ2) is 7.19. The molecular weight excluding hydrogens is 300 g/mol. The lowest BCUT2D eigenvalue weighted by Gasteiger charge is -2.25. The molecule has 0 amide bonds. The van der Waals surface area contributed by atoms with E-state index in [1.54, 1.807) is 4.57 Å². The molecule has 0 unspecified atom stereocenters. The highest BCUT2D eigenvalue weighted by Gasteiger charge is 2.21. The van der Waals surface area contributed by atoms with E-state index in [2.05, 4.69) is 9.98 Å². The van der Waals surface area contributed by atoms with Crippen molar-refractivity contribution in [1.82, 2.24) is 9.55 Å². The maximum atomic E-state index is 12.1. The second-order valence-electron chi connectivity index (χ2n) is 5.92. The van der Waals surface area contributed by atoms with E-state index in [1.807, 2.05) is 13.8 Å². The van der Waals surface area contributed by atoms with Crippen LogP contribution in [0.1, 0.15) is 57.6 Å². The van der Waals surface area contributed by atoms with Crippen LogP contribution in [0.5, 0.6) is 5.88 Å². The van der Waals surface area contributed by atoms with Crippen LogP contribution in [0.4, 0.5) is 0 Å². The Morgan fingerprint density at radius 1 is 1.55 bits per heavy atom. The van der Waals surface area contributed by atoms with Crippen LogP contribution in [0, 0.1) is 4.77 Å². The van der Waals surface area contributed by atoms with Crippen molar-refractivity contribution in [3.63, 3.8) is 0 Å². The summed E-state index contributed by atoms with van der Waals surface area (Å²) < 4.78 is 1.78. The minimum atomic E-state index is -0.421. The summed E-state index contributed by atoms with van der Waals surface area (Å²) in [4.78, 5) is 19.1. The van der Waals surface area contributed by atoms with Gasteiger partial charge in [-0.1, -0.05) is 19.8 Å². The Morgan fingerprint density at radius 3 is 2.86 bits per heavy atom. The van der Waals surface area contributed by atoms with Gasteiger partial charge in [0.25, 0.3) is 5.56 Å². The first kappa shape index (κ1) is 16.9. The van der Waals surface area contributed by atoms with Crippen LogP contribution in [0.25, 0.3) is 0 Å². The van der Waals surface area contributed by atoms with Crippen LogP contribution < -0.4 is 11.3 Å². The predicted octanol–water partition coefficient (Wildman–Crippen LogP) is 2.27. The Bertz CT molecular complexity index is 664. The molecule has 0 aliphatic heterocycles. The van der Waals surface area contributed by atoms with E-state index in [1.165, 1.54) is 6.21 Å². The van der Waals surface area contributed by atoms with Gasteiger partial charge in [0, 0.05) is 18.3 Å². The Kier molecular flexibility index (Phi) is 5.52. The van der Waals surface area contributed by atoms with E-state index in [0.29, 0.717) is 0 Å². The number of nitrogens with zero attached hydrogens (tertiary/aromatic N) is 2. The molecule has 0 saturated heterocycles. The number of nitrogens with two attached hydrogens (primary N) is 1. The number of hydrogen-bond acceptors (Lipinski definition) is 5. The standard InChI is InChI=1S/C15H24N4O2S/c1-3-9(2)19-14(21)10(13(20)18-15(19)22)8-17-12-7-5-4-6-11(12)16/h8-9,11-12,21H,3-7,16H2,1-2H3,(H,18,20,22)/t9-,11-,12+/m0/s1. The van der Waals surface area contributed by atoms with E-state index < -0.39 is 5.56 Å². The van der Waals surface area contributed by atoms with Gasteiger partial charge >= 0.3 is 0 Å². The number of rotatable bonds is 4. The summed E-state index contributed by atoms with van der Waals surface area (Å²) in [6.07, 6.45) is 6.31. The smallest absolute Gasteiger partial charge is 0.264 e. The van der Waals surface area contributed by atoms with Crippen molar-refractivity contribution in [2.75, 3.05) is 0 Å². The van der Waals surface area contributed by atoms with Crippen LogP contribution in [0.3, 0.4) is 0 Å². The lowest BCUT2D eigenvalue weighted by Crippen LogP contribution is -2.36. The van der Waals surface area contributed by atoms with Gasteiger partial charge in [-0.15, -0.1) is 0 Å². The molecule has 0 radical (unpaired) electrons. The fraction of sp³-hybridized carbons (Fsp3) is 0.667. The minimum Gasteiger partial charge on any atom is -0.494 e. The van der Waals surface area contributed by atoms with Gasteiger partial charge in [0.15, 0.2) is 4.77 Å². The van der Waals surface area contributed by atoms with E-state index in [0.717, 1.165) is 32.1 Å². The molecule has 6 nitrogen and oxygen atoms in total. The minimum absolute atomic E-state index is 0.00608. The highest BCUT2D eigenvalue weighted by atomic mass is 32.1. The summed E-state index contributed by atoms with van der Waals surface area (Å²) in [6.45, 7) is 3.93. The molecule has 3 atom stereocenters. The molecule has 2 rings (SSSR count). The summed E-state index contributed by atoms with van der Waals surface area (Å²) in [5.41, 5.74) is 5.78. The van der Waals surface area contributed by atoms with Gasteiger partial charge in [-0.25, -0.2) is 0 Å². The predicted molar refractivity (Wildman–Crippen MR) is 90.4 cm³/mol. The third-order valence-corrected chi connectivity index (χ3v) is 4.66. The molecule has 1 aliphatic rings. The van der Waals surface area contributed by atoms with E-state index in [4.69, 9.17) is 18.0 Å². The zero-order valence-corrected chi connectivity index (χ0v) is 13.9.